The Kier molecular flexibility index (Phi) is 7.92. The molecule has 0 N–H and O–H groups in total. The first-order valence-electron chi connectivity index (χ1n) is 14.6. The van der Waals surface area contributed by atoms with Crippen molar-refractivity contribution < 1.29 is 20.1 Å². The Hall–Kier alpha value is -4.45. The van der Waals surface area contributed by atoms with Gasteiger partial charge in [-0.05, 0) is 69.6 Å². The largest absolute Gasteiger partial charge is 0.434 e. The van der Waals surface area contributed by atoms with Crippen LogP contribution in [0, 0.1) is 6.07 Å². The first kappa shape index (κ1) is 30.2. The van der Waals surface area contributed by atoms with Gasteiger partial charge >= 0.3 is 0 Å². The van der Waals surface area contributed by atoms with Crippen molar-refractivity contribution in [3.05, 3.63) is 134 Å². The molecule has 46 heavy (non-hydrogen) atoms. The molecule has 9 heteroatoms. The van der Waals surface area contributed by atoms with Crippen molar-refractivity contribution in [1.29, 1.82) is 0 Å². The Morgan fingerprint density at radius 3 is 1.91 bits per heavy atom. The van der Waals surface area contributed by atoms with Crippen molar-refractivity contribution in [3.63, 3.8) is 0 Å². The fourth-order valence-corrected chi connectivity index (χ4v) is 11.1. The molecule has 9 rings (SSSR count). The predicted octanol–water partition coefficient (Wildman–Crippen LogP) is 6.72. The Morgan fingerprint density at radius 2 is 1.26 bits per heavy atom. The summed E-state index contributed by atoms with van der Waals surface area (Å²) in [5, 5.41) is 3.76. The molecule has 1 radical (unpaired) electrons. The van der Waals surface area contributed by atoms with Gasteiger partial charge in [0, 0.05) is 74.6 Å². The maximum Gasteiger partial charge on any atom is 0.0620 e. The number of pyridine rings is 2. The second-order valence-corrected chi connectivity index (χ2v) is 15.2. The van der Waals surface area contributed by atoms with E-state index in [2.05, 4.69) is 104 Å². The van der Waals surface area contributed by atoms with Crippen LogP contribution < -0.4 is 30.7 Å². The van der Waals surface area contributed by atoms with E-state index in [1.54, 1.807) is 6.20 Å². The number of hydrogen-bond acceptors (Lipinski definition) is 6. The summed E-state index contributed by atoms with van der Waals surface area (Å²) in [4.78, 5) is 22.1. The summed E-state index contributed by atoms with van der Waals surface area (Å²) in [7, 11) is 4.25. The van der Waals surface area contributed by atoms with E-state index in [1.165, 1.54) is 27.3 Å². The van der Waals surface area contributed by atoms with E-state index in [0.717, 1.165) is 39.4 Å². The molecule has 0 fully saturated rings. The van der Waals surface area contributed by atoms with Gasteiger partial charge in [-0.2, -0.15) is 0 Å². The van der Waals surface area contributed by atoms with Crippen molar-refractivity contribution in [2.75, 3.05) is 23.9 Å². The molecule has 2 aliphatic rings. The number of para-hydroxylation sites is 4. The molecule has 3 aromatic heterocycles. The fraction of sp³-hybridized carbons (Fsp3) is 0.0541. The summed E-state index contributed by atoms with van der Waals surface area (Å²) in [5.41, 5.74) is 9.15. The third-order valence-corrected chi connectivity index (χ3v) is 13.3. The van der Waals surface area contributed by atoms with Crippen LogP contribution in [-0.2, 0) is 31.9 Å². The van der Waals surface area contributed by atoms with E-state index in [1.807, 2.05) is 66.9 Å². The van der Waals surface area contributed by atoms with Crippen LogP contribution in [0.15, 0.2) is 128 Å². The number of hydrogen-bond donors (Lipinski definition) is 0. The number of anilines is 4. The minimum atomic E-state index is -2.20. The van der Waals surface area contributed by atoms with Gasteiger partial charge in [-0.3, -0.25) is 4.98 Å². The number of rotatable bonds is 2. The molecule has 0 saturated carbocycles. The van der Waals surface area contributed by atoms with E-state index in [4.69, 9.17) is 11.8 Å². The topological polar surface area (TPSA) is 59.3 Å². The third-order valence-electron chi connectivity index (χ3n) is 8.35. The molecule has 6 nitrogen and oxygen atoms in total. The summed E-state index contributed by atoms with van der Waals surface area (Å²) >= 11 is 6.65. The molecule has 0 amide bonds. The summed E-state index contributed by atoms with van der Waals surface area (Å²) in [5.74, 6) is 0.691. The van der Waals surface area contributed by atoms with Gasteiger partial charge in [-0.1, -0.05) is 90.7 Å². The van der Waals surface area contributed by atoms with Crippen LogP contribution in [0.1, 0.15) is 0 Å². The summed E-state index contributed by atoms with van der Waals surface area (Å²) < 4.78 is 0. The average molecular weight is 811 g/mol. The molecule has 0 bridgehead atoms. The van der Waals surface area contributed by atoms with E-state index >= 15 is 0 Å². The van der Waals surface area contributed by atoms with Gasteiger partial charge in [-0.15, -0.1) is 17.7 Å². The molecule has 5 heterocycles. The second kappa shape index (κ2) is 12.1. The first-order chi connectivity index (χ1) is 22.0. The number of imidazole rings is 1. The van der Waals surface area contributed by atoms with E-state index < -0.39 is 6.04 Å². The van der Waals surface area contributed by atoms with Crippen LogP contribution in [0.25, 0.3) is 33.8 Å². The fourth-order valence-electron chi connectivity index (χ4n) is 6.18. The number of nitrogens with zero attached hydrogens (tertiary/aromatic N) is 6. The van der Waals surface area contributed by atoms with E-state index in [0.29, 0.717) is 5.82 Å². The van der Waals surface area contributed by atoms with Gasteiger partial charge in [0.25, 0.3) is 0 Å². The third kappa shape index (κ3) is 4.81. The molecule has 4 aromatic carbocycles. The zero-order valence-corrected chi connectivity index (χ0v) is 29.1. The molecule has 7 aromatic rings. The number of benzene rings is 4. The van der Waals surface area contributed by atoms with Crippen molar-refractivity contribution in [2.45, 2.75) is 0 Å². The van der Waals surface area contributed by atoms with Crippen LogP contribution in [0.5, 0.6) is 0 Å². The minimum absolute atomic E-state index is 0. The Labute approximate surface area is 286 Å². The quantitative estimate of drug-likeness (QED) is 0.142. The van der Waals surface area contributed by atoms with Crippen molar-refractivity contribution >= 4 is 67.5 Å². The van der Waals surface area contributed by atoms with Crippen LogP contribution in [0.2, 0.25) is 0 Å². The predicted molar refractivity (Wildman–Crippen MR) is 189 cm³/mol. The Morgan fingerprint density at radius 1 is 0.674 bits per heavy atom. The molecule has 0 spiro atoms. The molecular formula is C37H27IrN6PS-2. The van der Waals surface area contributed by atoms with Crippen LogP contribution in [-0.4, -0.2) is 29.0 Å². The maximum atomic E-state index is 6.65. The van der Waals surface area contributed by atoms with E-state index in [9.17, 15) is 0 Å². The second-order valence-electron chi connectivity index (χ2n) is 10.9. The first-order valence-corrected chi connectivity index (χ1v) is 17.4. The molecule has 1 atom stereocenters. The standard InChI is InChI=1S/C25H19N3PS.C12H8N3.Ir/c1-27-19-10-3-5-12-23(19)29(30)24-13-6-4-11-20(24)28(2)22-16-17(15-21(27)25(22)29)18-9-7-8-14-26-18;1-2-6-10-9(5-1)14-12(15-10)11-7-3-4-8-13-11;/h3-15H,1-2H3;1-8H;/q2*-1;. The molecule has 1 unspecified atom stereocenters. The van der Waals surface area contributed by atoms with Gasteiger partial charge in [0.1, 0.15) is 0 Å². The van der Waals surface area contributed by atoms with Crippen LogP contribution in [0.4, 0.5) is 22.7 Å². The van der Waals surface area contributed by atoms with Gasteiger partial charge in [0.2, 0.25) is 0 Å². The summed E-state index contributed by atoms with van der Waals surface area (Å²) in [6.45, 7) is 0. The monoisotopic (exact) mass is 811 g/mol. The smallest absolute Gasteiger partial charge is 0.0620 e. The van der Waals surface area contributed by atoms with Crippen molar-refractivity contribution in [1.82, 2.24) is 19.9 Å². The van der Waals surface area contributed by atoms with Crippen molar-refractivity contribution in [2.24, 2.45) is 0 Å². The summed E-state index contributed by atoms with van der Waals surface area (Å²) in [6, 6.07) is 40.4. The summed E-state index contributed by atoms with van der Waals surface area (Å²) in [6.07, 6.45) is 3.58. The van der Waals surface area contributed by atoms with Crippen LogP contribution in [0.3, 0.4) is 0 Å². The minimum Gasteiger partial charge on any atom is -0.434 e. The van der Waals surface area contributed by atoms with Crippen molar-refractivity contribution in [3.8, 4) is 22.8 Å². The molecule has 2 aliphatic heterocycles. The van der Waals surface area contributed by atoms with Gasteiger partial charge < -0.3 is 24.8 Å². The molecule has 227 valence electrons. The molecular weight excluding hydrogens is 784 g/mol. The van der Waals surface area contributed by atoms with E-state index in [-0.39, 0.29) is 20.1 Å². The van der Waals surface area contributed by atoms with Gasteiger partial charge in [0.05, 0.1) is 5.69 Å². The van der Waals surface area contributed by atoms with Gasteiger partial charge in [0.15, 0.2) is 0 Å². The number of aromatic nitrogens is 4. The molecule has 0 saturated heterocycles. The van der Waals surface area contributed by atoms with Gasteiger partial charge in [-0.25, -0.2) is 0 Å². The zero-order valence-electron chi connectivity index (χ0n) is 25.0. The SMILES string of the molecule is CN1c2[c-]c(-c3ccccn3)cc3c2P(=S)(c2ccccc21)c1ccccc1N3C.[Ir].c1ccc(-c2nc3ccccc3[n-]2)nc1. The Bertz CT molecular complexity index is 2140. The molecule has 0 aliphatic carbocycles. The maximum absolute atomic E-state index is 6.65. The number of fused-ring (bicyclic) bond motifs is 5. The zero-order chi connectivity index (χ0) is 30.5. The average Bonchev–Trinajstić information content (AvgIpc) is 3.55. The Balaban J connectivity index is 0.000000178. The normalized spacial score (nSPS) is 15.5. The van der Waals surface area contributed by atoms with Crippen LogP contribution >= 0.6 is 6.04 Å².